The molecule has 0 radical (unpaired) electrons. The van der Waals surface area contributed by atoms with Gasteiger partial charge in [-0.15, -0.1) is 10.2 Å². The largest absolute Gasteiger partial charge is 0.421 e. The Kier molecular flexibility index (Phi) is 3.98. The van der Waals surface area contributed by atoms with Gasteiger partial charge in [-0.05, 0) is 44.0 Å². The molecule has 1 aromatic heterocycles. The molecule has 106 valence electrons. The van der Waals surface area contributed by atoms with Crippen LogP contribution in [0.3, 0.4) is 0 Å². The molecule has 0 spiro atoms. The molecule has 3 rings (SSSR count). The molecule has 1 heterocycles. The maximum atomic E-state index is 13.7. The quantitative estimate of drug-likeness (QED) is 0.831. The Bertz CT molecular complexity index is 598. The number of halogens is 2. The maximum Gasteiger partial charge on any atom is 0.250 e. The standard InChI is InChI=1S/C14H15ClFN3O/c15-9-3-6-11(12(16)8-9)14-19-18-13(20-14)2-1-7-17-10-4-5-10/h3,6,8,10,17H,1-2,4-5,7H2. The minimum atomic E-state index is -0.455. The molecule has 0 bridgehead atoms. The lowest BCUT2D eigenvalue weighted by Gasteiger charge is -1.99. The van der Waals surface area contributed by atoms with Gasteiger partial charge in [-0.2, -0.15) is 0 Å². The predicted molar refractivity (Wildman–Crippen MR) is 74.0 cm³/mol. The van der Waals surface area contributed by atoms with Crippen molar-refractivity contribution in [2.24, 2.45) is 0 Å². The highest BCUT2D eigenvalue weighted by molar-refractivity contribution is 6.30. The van der Waals surface area contributed by atoms with Gasteiger partial charge in [-0.25, -0.2) is 4.39 Å². The van der Waals surface area contributed by atoms with Crippen LogP contribution in [0.15, 0.2) is 22.6 Å². The summed E-state index contributed by atoms with van der Waals surface area (Å²) in [5.41, 5.74) is 0.282. The molecule has 1 saturated carbocycles. The maximum absolute atomic E-state index is 13.7. The van der Waals surface area contributed by atoms with Crippen LogP contribution in [0.2, 0.25) is 5.02 Å². The van der Waals surface area contributed by atoms with E-state index in [4.69, 9.17) is 16.0 Å². The molecule has 1 N–H and O–H groups in total. The topological polar surface area (TPSA) is 51.0 Å². The molecular weight excluding hydrogens is 281 g/mol. The van der Waals surface area contributed by atoms with E-state index in [1.54, 1.807) is 12.1 Å². The first kappa shape index (κ1) is 13.5. The molecule has 1 fully saturated rings. The van der Waals surface area contributed by atoms with Crippen molar-refractivity contribution >= 4 is 11.6 Å². The number of rotatable bonds is 6. The van der Waals surface area contributed by atoms with E-state index in [1.165, 1.54) is 18.9 Å². The van der Waals surface area contributed by atoms with Crippen LogP contribution < -0.4 is 5.32 Å². The van der Waals surface area contributed by atoms with E-state index < -0.39 is 5.82 Å². The average molecular weight is 296 g/mol. The van der Waals surface area contributed by atoms with Crippen LogP contribution in [0.25, 0.3) is 11.5 Å². The van der Waals surface area contributed by atoms with E-state index in [0.29, 0.717) is 23.4 Å². The third kappa shape index (κ3) is 3.35. The Morgan fingerprint density at radius 1 is 1.35 bits per heavy atom. The van der Waals surface area contributed by atoms with E-state index in [0.717, 1.165) is 13.0 Å². The number of aromatic nitrogens is 2. The monoisotopic (exact) mass is 295 g/mol. The highest BCUT2D eigenvalue weighted by Gasteiger charge is 2.19. The summed E-state index contributed by atoms with van der Waals surface area (Å²) in [7, 11) is 0. The Balaban J connectivity index is 1.60. The summed E-state index contributed by atoms with van der Waals surface area (Å²) in [5, 5.41) is 11.6. The Labute approximate surface area is 121 Å². The van der Waals surface area contributed by atoms with Crippen molar-refractivity contribution in [2.75, 3.05) is 6.54 Å². The third-order valence-electron chi connectivity index (χ3n) is 3.21. The minimum absolute atomic E-state index is 0.198. The summed E-state index contributed by atoms with van der Waals surface area (Å²) in [5.74, 6) is 0.277. The van der Waals surface area contributed by atoms with Gasteiger partial charge in [0.1, 0.15) is 5.82 Å². The van der Waals surface area contributed by atoms with Crippen molar-refractivity contribution in [1.29, 1.82) is 0 Å². The van der Waals surface area contributed by atoms with Crippen molar-refractivity contribution in [3.8, 4) is 11.5 Å². The van der Waals surface area contributed by atoms with Crippen LogP contribution in [0.4, 0.5) is 4.39 Å². The molecule has 2 aromatic rings. The van der Waals surface area contributed by atoms with Gasteiger partial charge >= 0.3 is 0 Å². The molecule has 20 heavy (non-hydrogen) atoms. The van der Waals surface area contributed by atoms with Crippen molar-refractivity contribution in [3.05, 3.63) is 34.9 Å². The second-order valence-corrected chi connectivity index (χ2v) is 5.39. The van der Waals surface area contributed by atoms with Crippen LogP contribution in [0.1, 0.15) is 25.2 Å². The SMILES string of the molecule is Fc1cc(Cl)ccc1-c1nnc(CCCNC2CC2)o1. The van der Waals surface area contributed by atoms with Gasteiger partial charge in [-0.1, -0.05) is 11.6 Å². The smallest absolute Gasteiger partial charge is 0.250 e. The van der Waals surface area contributed by atoms with Gasteiger partial charge in [0.05, 0.1) is 5.56 Å². The van der Waals surface area contributed by atoms with Gasteiger partial charge < -0.3 is 9.73 Å². The number of nitrogens with zero attached hydrogens (tertiary/aromatic N) is 2. The fourth-order valence-electron chi connectivity index (χ4n) is 1.96. The molecule has 1 aliphatic rings. The zero-order chi connectivity index (χ0) is 13.9. The van der Waals surface area contributed by atoms with Crippen LogP contribution in [0.5, 0.6) is 0 Å². The first-order valence-electron chi connectivity index (χ1n) is 6.73. The van der Waals surface area contributed by atoms with Crippen molar-refractivity contribution in [1.82, 2.24) is 15.5 Å². The van der Waals surface area contributed by atoms with Crippen molar-refractivity contribution in [3.63, 3.8) is 0 Å². The molecule has 1 aromatic carbocycles. The average Bonchev–Trinajstić information content (AvgIpc) is 3.13. The summed E-state index contributed by atoms with van der Waals surface area (Å²) in [6, 6.07) is 5.09. The summed E-state index contributed by atoms with van der Waals surface area (Å²) in [6.45, 7) is 0.942. The molecule has 0 saturated heterocycles. The van der Waals surface area contributed by atoms with Crippen molar-refractivity contribution < 1.29 is 8.81 Å². The van der Waals surface area contributed by atoms with Crippen LogP contribution in [0, 0.1) is 5.82 Å². The normalized spacial score (nSPS) is 14.7. The predicted octanol–water partition coefficient (Wildman–Crippen LogP) is 3.21. The molecule has 0 aliphatic heterocycles. The Hall–Kier alpha value is -1.46. The van der Waals surface area contributed by atoms with Gasteiger partial charge in [-0.3, -0.25) is 0 Å². The van der Waals surface area contributed by atoms with Crippen LogP contribution >= 0.6 is 11.6 Å². The number of hydrogen-bond donors (Lipinski definition) is 1. The molecule has 0 unspecified atom stereocenters. The van der Waals surface area contributed by atoms with Gasteiger partial charge in [0.25, 0.3) is 5.89 Å². The van der Waals surface area contributed by atoms with E-state index in [9.17, 15) is 4.39 Å². The molecule has 4 nitrogen and oxygen atoms in total. The minimum Gasteiger partial charge on any atom is -0.421 e. The third-order valence-corrected chi connectivity index (χ3v) is 3.44. The lowest BCUT2D eigenvalue weighted by Crippen LogP contribution is -2.17. The molecule has 6 heteroatoms. The summed E-state index contributed by atoms with van der Waals surface area (Å²) in [4.78, 5) is 0. The molecule has 0 atom stereocenters. The molecule has 1 aliphatic carbocycles. The van der Waals surface area contributed by atoms with Crippen molar-refractivity contribution in [2.45, 2.75) is 31.7 Å². The summed E-state index contributed by atoms with van der Waals surface area (Å²) in [6.07, 6.45) is 4.18. The Morgan fingerprint density at radius 2 is 2.20 bits per heavy atom. The van der Waals surface area contributed by atoms with E-state index in [2.05, 4.69) is 15.5 Å². The fraction of sp³-hybridized carbons (Fsp3) is 0.429. The first-order chi connectivity index (χ1) is 9.72. The fourth-order valence-corrected chi connectivity index (χ4v) is 2.12. The number of aryl methyl sites for hydroxylation is 1. The van der Waals surface area contributed by atoms with Gasteiger partial charge in [0, 0.05) is 17.5 Å². The lowest BCUT2D eigenvalue weighted by atomic mass is 10.2. The highest BCUT2D eigenvalue weighted by atomic mass is 35.5. The number of hydrogen-bond acceptors (Lipinski definition) is 4. The van der Waals surface area contributed by atoms with E-state index >= 15 is 0 Å². The molecule has 0 amide bonds. The number of nitrogens with one attached hydrogen (secondary N) is 1. The zero-order valence-corrected chi connectivity index (χ0v) is 11.7. The lowest BCUT2D eigenvalue weighted by molar-refractivity contribution is 0.487. The van der Waals surface area contributed by atoms with Gasteiger partial charge in [0.2, 0.25) is 5.89 Å². The zero-order valence-electron chi connectivity index (χ0n) is 10.9. The second-order valence-electron chi connectivity index (χ2n) is 4.96. The molecular formula is C14H15ClFN3O. The van der Waals surface area contributed by atoms with Crippen LogP contribution in [-0.4, -0.2) is 22.8 Å². The van der Waals surface area contributed by atoms with E-state index in [1.807, 2.05) is 0 Å². The second kappa shape index (κ2) is 5.89. The van der Waals surface area contributed by atoms with Gasteiger partial charge in [0.15, 0.2) is 0 Å². The van der Waals surface area contributed by atoms with E-state index in [-0.39, 0.29) is 11.5 Å². The summed E-state index contributed by atoms with van der Waals surface area (Å²) >= 11 is 5.71. The summed E-state index contributed by atoms with van der Waals surface area (Å²) < 4.78 is 19.2. The first-order valence-corrected chi connectivity index (χ1v) is 7.11. The van der Waals surface area contributed by atoms with Crippen LogP contribution in [-0.2, 0) is 6.42 Å². The Morgan fingerprint density at radius 3 is 2.95 bits per heavy atom. The highest BCUT2D eigenvalue weighted by Crippen LogP contribution is 2.24. The number of benzene rings is 1.